The number of nitrogens with one attached hydrogen (secondary N) is 1. The molecule has 0 bridgehead atoms. The number of imide groups is 1. The average molecular weight is 541 g/mol. The van der Waals surface area contributed by atoms with Gasteiger partial charge in [-0.05, 0) is 62.1 Å². The molecule has 1 atom stereocenters. The van der Waals surface area contributed by atoms with Gasteiger partial charge in [-0.3, -0.25) is 24.3 Å². The molecule has 0 spiro atoms. The van der Waals surface area contributed by atoms with E-state index in [0.29, 0.717) is 25.4 Å². The lowest BCUT2D eigenvalue weighted by Crippen LogP contribution is -2.48. The summed E-state index contributed by atoms with van der Waals surface area (Å²) in [6.07, 6.45) is 7.03. The van der Waals surface area contributed by atoms with Crippen LogP contribution in [0.1, 0.15) is 42.5 Å². The quantitative estimate of drug-likeness (QED) is 0.372. The highest BCUT2D eigenvalue weighted by Crippen LogP contribution is 2.44. The van der Waals surface area contributed by atoms with E-state index < -0.39 is 0 Å². The maximum Gasteiger partial charge on any atom is 0.290 e. The van der Waals surface area contributed by atoms with Crippen molar-refractivity contribution in [2.75, 3.05) is 24.5 Å². The molecular weight excluding hydrogens is 512 g/mol. The van der Waals surface area contributed by atoms with Crippen LogP contribution in [0.3, 0.4) is 0 Å². The first-order valence-electron chi connectivity index (χ1n) is 12.6. The summed E-state index contributed by atoms with van der Waals surface area (Å²) < 4.78 is 1.08. The van der Waals surface area contributed by atoms with Crippen LogP contribution >= 0.6 is 22.9 Å². The number of piperidine rings is 1. The van der Waals surface area contributed by atoms with Crippen molar-refractivity contribution in [1.82, 2.24) is 15.2 Å². The molecule has 0 aliphatic carbocycles. The van der Waals surface area contributed by atoms with Crippen LogP contribution in [0.4, 0.5) is 5.69 Å². The molecule has 2 aromatic heterocycles. The third kappa shape index (κ3) is 5.21. The van der Waals surface area contributed by atoms with E-state index in [2.05, 4.69) is 33.4 Å². The SMILES string of the molecule is O=C1CCC(=O)N1Cc1cc2nccc(-c3cc(Cl)cc4c3N([C@@H]3CCCNC3)CCC4)c2s1.O=CO. The fourth-order valence-electron chi connectivity index (χ4n) is 5.64. The first kappa shape index (κ1) is 25.6. The second-order valence-electron chi connectivity index (χ2n) is 9.52. The van der Waals surface area contributed by atoms with Crippen molar-refractivity contribution in [1.29, 1.82) is 0 Å². The number of anilines is 1. The predicted molar refractivity (Wildman–Crippen MR) is 145 cm³/mol. The smallest absolute Gasteiger partial charge is 0.290 e. The molecule has 3 aliphatic heterocycles. The third-order valence-corrected chi connectivity index (χ3v) is 8.58. The molecule has 2 amide bonds. The lowest BCUT2D eigenvalue weighted by Gasteiger charge is -2.41. The number of carbonyl (C=O) groups excluding carboxylic acids is 2. The van der Waals surface area contributed by atoms with Gasteiger partial charge in [0.05, 0.1) is 16.8 Å². The third-order valence-electron chi connectivity index (χ3n) is 7.22. The Bertz CT molecular complexity index is 1320. The van der Waals surface area contributed by atoms with Gasteiger partial charge >= 0.3 is 0 Å². The van der Waals surface area contributed by atoms with Crippen LogP contribution < -0.4 is 10.2 Å². The molecule has 194 valence electrons. The number of hydrogen-bond acceptors (Lipinski definition) is 7. The zero-order valence-corrected chi connectivity index (χ0v) is 22.0. The van der Waals surface area contributed by atoms with Gasteiger partial charge in [0, 0.05) is 64.9 Å². The first-order chi connectivity index (χ1) is 18.0. The summed E-state index contributed by atoms with van der Waals surface area (Å²) in [5.41, 5.74) is 5.79. The van der Waals surface area contributed by atoms with Crippen molar-refractivity contribution in [2.45, 2.75) is 51.1 Å². The Morgan fingerprint density at radius 3 is 2.65 bits per heavy atom. The van der Waals surface area contributed by atoms with Gasteiger partial charge < -0.3 is 15.3 Å². The normalized spacial score (nSPS) is 19.5. The van der Waals surface area contributed by atoms with E-state index in [4.69, 9.17) is 21.5 Å². The molecule has 8 nitrogen and oxygen atoms in total. The molecule has 2 N–H and O–H groups in total. The van der Waals surface area contributed by atoms with Gasteiger partial charge in [-0.25, -0.2) is 0 Å². The summed E-state index contributed by atoms with van der Waals surface area (Å²) in [5, 5.41) is 11.2. The molecule has 2 saturated heterocycles. The van der Waals surface area contributed by atoms with E-state index in [1.165, 1.54) is 29.0 Å². The summed E-state index contributed by atoms with van der Waals surface area (Å²) >= 11 is 8.26. The van der Waals surface area contributed by atoms with Gasteiger partial charge in [0.1, 0.15) is 0 Å². The molecule has 5 heterocycles. The van der Waals surface area contributed by atoms with E-state index in [9.17, 15) is 9.59 Å². The molecule has 3 aliphatic rings. The van der Waals surface area contributed by atoms with E-state index in [0.717, 1.165) is 63.7 Å². The van der Waals surface area contributed by atoms with Crippen LogP contribution in [0.15, 0.2) is 30.5 Å². The average Bonchev–Trinajstić information content (AvgIpc) is 3.46. The van der Waals surface area contributed by atoms with E-state index in [1.54, 1.807) is 11.3 Å². The van der Waals surface area contributed by atoms with Crippen LogP contribution in [0.25, 0.3) is 21.3 Å². The molecule has 37 heavy (non-hydrogen) atoms. The Morgan fingerprint density at radius 1 is 1.14 bits per heavy atom. The second kappa shape index (κ2) is 11.2. The van der Waals surface area contributed by atoms with E-state index >= 15 is 0 Å². The largest absolute Gasteiger partial charge is 0.483 e. The number of hydrogen-bond donors (Lipinski definition) is 2. The number of nitrogens with zero attached hydrogens (tertiary/aromatic N) is 3. The maximum absolute atomic E-state index is 12.1. The highest BCUT2D eigenvalue weighted by Gasteiger charge is 2.31. The minimum absolute atomic E-state index is 0.0868. The number of halogens is 1. The van der Waals surface area contributed by atoms with Crippen LogP contribution in [0.5, 0.6) is 0 Å². The van der Waals surface area contributed by atoms with Crippen LogP contribution in [-0.4, -0.2) is 59.0 Å². The second-order valence-corrected chi connectivity index (χ2v) is 11.1. The molecule has 0 saturated carbocycles. The minimum Gasteiger partial charge on any atom is -0.483 e. The number of aryl methyl sites for hydroxylation is 1. The van der Waals surface area contributed by atoms with Gasteiger partial charge in [0.15, 0.2) is 0 Å². The Hall–Kier alpha value is -3.01. The van der Waals surface area contributed by atoms with E-state index in [-0.39, 0.29) is 18.3 Å². The maximum atomic E-state index is 12.1. The fraction of sp³-hybridized carbons (Fsp3) is 0.407. The van der Waals surface area contributed by atoms with Crippen molar-refractivity contribution in [3.05, 3.63) is 45.9 Å². The van der Waals surface area contributed by atoms with Crippen LogP contribution in [-0.2, 0) is 27.3 Å². The Kier molecular flexibility index (Phi) is 7.73. The van der Waals surface area contributed by atoms with Gasteiger partial charge in [0.2, 0.25) is 11.8 Å². The molecule has 1 aromatic carbocycles. The summed E-state index contributed by atoms with van der Waals surface area (Å²) in [5.74, 6) is -0.174. The number of likely N-dealkylation sites (tertiary alicyclic amines) is 1. The van der Waals surface area contributed by atoms with Gasteiger partial charge in [-0.15, -0.1) is 11.3 Å². The molecule has 10 heteroatoms. The number of carboxylic acid groups (broad SMARTS) is 1. The number of pyridine rings is 1. The lowest BCUT2D eigenvalue weighted by atomic mass is 9.91. The summed E-state index contributed by atoms with van der Waals surface area (Å²) in [4.78, 5) is 42.2. The molecule has 6 rings (SSSR count). The predicted octanol–water partition coefficient (Wildman–Crippen LogP) is 4.47. The number of carbonyl (C=O) groups is 3. The van der Waals surface area contributed by atoms with Gasteiger partial charge in [-0.2, -0.15) is 0 Å². The van der Waals surface area contributed by atoms with Crippen molar-refractivity contribution >= 4 is 57.1 Å². The van der Waals surface area contributed by atoms with Gasteiger partial charge in [-0.1, -0.05) is 11.6 Å². The number of aromatic nitrogens is 1. The van der Waals surface area contributed by atoms with Crippen molar-refractivity contribution in [2.24, 2.45) is 0 Å². The van der Waals surface area contributed by atoms with Gasteiger partial charge in [0.25, 0.3) is 6.47 Å². The summed E-state index contributed by atoms with van der Waals surface area (Å²) in [6, 6.07) is 8.80. The number of amides is 2. The molecule has 0 unspecified atom stereocenters. The topological polar surface area (TPSA) is 103 Å². The number of rotatable bonds is 4. The van der Waals surface area contributed by atoms with Crippen molar-refractivity contribution < 1.29 is 19.5 Å². The molecule has 2 fully saturated rings. The number of benzene rings is 1. The first-order valence-corrected chi connectivity index (χ1v) is 13.8. The van der Waals surface area contributed by atoms with E-state index in [1.807, 2.05) is 12.3 Å². The standard InChI is InChI=1S/C26H27ClN4O2S.CH2O2/c27-17-11-16-3-2-10-30(18-4-1-8-28-14-18)25(16)21(12-17)20-7-9-29-22-13-19(34-26(20)22)15-31-23(32)5-6-24(31)33;2-1-3/h7,9,11-13,18,28H,1-6,8,10,14-15H2;1H,(H,2,3)/t18-;/m1./s1. The van der Waals surface area contributed by atoms with Crippen LogP contribution in [0, 0.1) is 0 Å². The molecular formula is C27H29ClN4O4S. The number of thiophene rings is 1. The Morgan fingerprint density at radius 2 is 1.92 bits per heavy atom. The van der Waals surface area contributed by atoms with Crippen LogP contribution in [0.2, 0.25) is 5.02 Å². The highest BCUT2D eigenvalue weighted by molar-refractivity contribution is 7.19. The fourth-order valence-corrected chi connectivity index (χ4v) is 7.01. The monoisotopic (exact) mass is 540 g/mol. The summed E-state index contributed by atoms with van der Waals surface area (Å²) in [7, 11) is 0. The minimum atomic E-state index is -0.250. The van der Waals surface area contributed by atoms with Crippen molar-refractivity contribution in [3.63, 3.8) is 0 Å². The molecule has 3 aromatic rings. The summed E-state index contributed by atoms with van der Waals surface area (Å²) in [6.45, 7) is 3.23. The zero-order valence-electron chi connectivity index (χ0n) is 20.4. The lowest BCUT2D eigenvalue weighted by molar-refractivity contribution is -0.139. The molecule has 0 radical (unpaired) electrons. The zero-order chi connectivity index (χ0) is 25.9. The Balaban J connectivity index is 0.000000892. The number of fused-ring (bicyclic) bond motifs is 2. The Labute approximate surface area is 224 Å². The van der Waals surface area contributed by atoms with Crippen molar-refractivity contribution in [3.8, 4) is 11.1 Å². The highest BCUT2D eigenvalue weighted by atomic mass is 35.5.